The predicted octanol–water partition coefficient (Wildman–Crippen LogP) is 10.2. The van der Waals surface area contributed by atoms with Gasteiger partial charge in [0.25, 0.3) is 0 Å². The molecule has 0 aliphatic rings. The van der Waals surface area contributed by atoms with Gasteiger partial charge >= 0.3 is 5.97 Å². The Morgan fingerprint density at radius 2 is 1.32 bits per heavy atom. The van der Waals surface area contributed by atoms with Gasteiger partial charge in [-0.2, -0.15) is 0 Å². The van der Waals surface area contributed by atoms with Crippen LogP contribution < -0.4 is 0 Å². The minimum atomic E-state index is -0.995. The standard InChI is InChI=1S/C33H53NO3/c1-4-7-9-20-26-34-29-24-19-18-23-28(29)31(32(34)33(36)37)30(35)25-17-14-12-10-11-13-16-22-27(6-3)21-15-8-5-2/h18-19,23-24,27H,4-17,20-22,25-26H2,1-3H3,(H,36,37). The molecule has 0 saturated carbocycles. The van der Waals surface area contributed by atoms with Gasteiger partial charge in [0.05, 0.1) is 5.56 Å². The SMILES string of the molecule is CCCCCCn1c(C(=O)O)c(C(=O)CCCCCCCCCC(CC)CCCCC)c2ccccc21. The lowest BCUT2D eigenvalue weighted by atomic mass is 9.92. The van der Waals surface area contributed by atoms with Gasteiger partial charge in [0.1, 0.15) is 5.69 Å². The van der Waals surface area contributed by atoms with Gasteiger partial charge in [-0.25, -0.2) is 4.79 Å². The van der Waals surface area contributed by atoms with Crippen molar-refractivity contribution in [1.29, 1.82) is 0 Å². The van der Waals surface area contributed by atoms with Crippen LogP contribution in [0, 0.1) is 5.92 Å². The van der Waals surface area contributed by atoms with Gasteiger partial charge < -0.3 is 9.67 Å². The molecule has 0 bridgehead atoms. The Hall–Kier alpha value is -2.10. The number of aryl methyl sites for hydroxylation is 1. The highest BCUT2D eigenvalue weighted by Gasteiger charge is 2.26. The summed E-state index contributed by atoms with van der Waals surface area (Å²) in [6, 6.07) is 7.69. The third-order valence-corrected chi connectivity index (χ3v) is 8.00. The van der Waals surface area contributed by atoms with Crippen LogP contribution in [0.25, 0.3) is 10.9 Å². The topological polar surface area (TPSA) is 59.3 Å². The van der Waals surface area contributed by atoms with E-state index in [0.29, 0.717) is 18.5 Å². The van der Waals surface area contributed by atoms with E-state index in [1.165, 1.54) is 64.2 Å². The first kappa shape index (κ1) is 31.1. The van der Waals surface area contributed by atoms with E-state index in [-0.39, 0.29) is 11.5 Å². The molecule has 1 unspecified atom stereocenters. The maximum Gasteiger partial charge on any atom is 0.353 e. The molecule has 0 amide bonds. The molecular formula is C33H53NO3. The third kappa shape index (κ3) is 10.3. The molecule has 1 N–H and O–H groups in total. The van der Waals surface area contributed by atoms with E-state index in [1.54, 1.807) is 0 Å². The van der Waals surface area contributed by atoms with Crippen LogP contribution in [-0.4, -0.2) is 21.4 Å². The molecule has 37 heavy (non-hydrogen) atoms. The van der Waals surface area contributed by atoms with Gasteiger partial charge in [0.2, 0.25) is 0 Å². The summed E-state index contributed by atoms with van der Waals surface area (Å²) in [6.07, 6.45) is 21.1. The number of fused-ring (bicyclic) bond motifs is 1. The Bertz CT molecular complexity index is 929. The van der Waals surface area contributed by atoms with Gasteiger partial charge in [-0.15, -0.1) is 0 Å². The first-order valence-corrected chi connectivity index (χ1v) is 15.4. The van der Waals surface area contributed by atoms with Crippen LogP contribution in [0.15, 0.2) is 24.3 Å². The molecule has 1 heterocycles. The number of rotatable bonds is 22. The third-order valence-electron chi connectivity index (χ3n) is 8.00. The van der Waals surface area contributed by atoms with Crippen LogP contribution in [0.3, 0.4) is 0 Å². The van der Waals surface area contributed by atoms with Gasteiger partial charge in [0.15, 0.2) is 5.78 Å². The van der Waals surface area contributed by atoms with Crippen molar-refractivity contribution in [2.75, 3.05) is 0 Å². The number of carboxylic acids is 1. The van der Waals surface area contributed by atoms with Gasteiger partial charge in [-0.1, -0.05) is 135 Å². The summed E-state index contributed by atoms with van der Waals surface area (Å²) in [5.74, 6) is -0.101. The second-order valence-electron chi connectivity index (χ2n) is 11.0. The van der Waals surface area contributed by atoms with Crippen LogP contribution in [0.1, 0.15) is 157 Å². The zero-order valence-electron chi connectivity index (χ0n) is 24.0. The first-order valence-electron chi connectivity index (χ1n) is 15.4. The number of hydrogen-bond acceptors (Lipinski definition) is 2. The number of unbranched alkanes of at least 4 members (excludes halogenated alkanes) is 11. The molecular weight excluding hydrogens is 458 g/mol. The lowest BCUT2D eigenvalue weighted by molar-refractivity contribution is 0.0680. The Morgan fingerprint density at radius 3 is 1.97 bits per heavy atom. The van der Waals surface area contributed by atoms with E-state index in [1.807, 2.05) is 28.8 Å². The lowest BCUT2D eigenvalue weighted by Crippen LogP contribution is -2.13. The number of para-hydroxylation sites is 1. The van der Waals surface area contributed by atoms with E-state index in [0.717, 1.165) is 61.8 Å². The second kappa shape index (κ2) is 18.2. The maximum absolute atomic E-state index is 13.3. The van der Waals surface area contributed by atoms with E-state index in [4.69, 9.17) is 0 Å². The lowest BCUT2D eigenvalue weighted by Gasteiger charge is -2.14. The molecule has 1 atom stereocenters. The van der Waals surface area contributed by atoms with E-state index >= 15 is 0 Å². The fraction of sp³-hybridized carbons (Fsp3) is 0.697. The number of hydrogen-bond donors (Lipinski definition) is 1. The summed E-state index contributed by atoms with van der Waals surface area (Å²) in [5, 5.41) is 10.8. The van der Waals surface area contributed by atoms with Crippen LogP contribution in [0.4, 0.5) is 0 Å². The van der Waals surface area contributed by atoms with E-state index < -0.39 is 5.97 Å². The summed E-state index contributed by atoms with van der Waals surface area (Å²) in [6.45, 7) is 7.43. The number of carbonyl (C=O) groups is 2. The van der Waals surface area contributed by atoms with Crippen molar-refractivity contribution in [1.82, 2.24) is 4.57 Å². The van der Waals surface area contributed by atoms with Crippen LogP contribution in [-0.2, 0) is 6.54 Å². The van der Waals surface area contributed by atoms with Crippen molar-refractivity contribution in [2.45, 2.75) is 143 Å². The Kier molecular flexibility index (Phi) is 15.3. The second-order valence-corrected chi connectivity index (χ2v) is 11.0. The number of nitrogens with zero attached hydrogens (tertiary/aromatic N) is 1. The van der Waals surface area contributed by atoms with Gasteiger partial charge in [0, 0.05) is 23.9 Å². The smallest absolute Gasteiger partial charge is 0.353 e. The highest BCUT2D eigenvalue weighted by Crippen LogP contribution is 2.29. The zero-order valence-corrected chi connectivity index (χ0v) is 24.0. The summed E-state index contributed by atoms with van der Waals surface area (Å²) >= 11 is 0. The average Bonchev–Trinajstić information content (AvgIpc) is 3.23. The fourth-order valence-corrected chi connectivity index (χ4v) is 5.70. The summed E-state index contributed by atoms with van der Waals surface area (Å²) in [5.41, 5.74) is 1.47. The number of benzene rings is 1. The minimum absolute atomic E-state index is 0.0189. The maximum atomic E-state index is 13.3. The first-order chi connectivity index (χ1) is 18.0. The molecule has 0 saturated heterocycles. The van der Waals surface area contributed by atoms with Crippen LogP contribution in [0.2, 0.25) is 0 Å². The summed E-state index contributed by atoms with van der Waals surface area (Å²) in [7, 11) is 0. The Balaban J connectivity index is 1.80. The average molecular weight is 512 g/mol. The van der Waals surface area contributed by atoms with E-state index in [9.17, 15) is 14.7 Å². The molecule has 1 aromatic heterocycles. The largest absolute Gasteiger partial charge is 0.477 e. The normalized spacial score (nSPS) is 12.3. The molecule has 0 spiro atoms. The van der Waals surface area contributed by atoms with Gasteiger partial charge in [-0.05, 0) is 24.8 Å². The van der Waals surface area contributed by atoms with Crippen LogP contribution in [0.5, 0.6) is 0 Å². The highest BCUT2D eigenvalue weighted by atomic mass is 16.4. The molecule has 0 aliphatic carbocycles. The monoisotopic (exact) mass is 511 g/mol. The highest BCUT2D eigenvalue weighted by molar-refractivity contribution is 6.15. The molecule has 208 valence electrons. The van der Waals surface area contributed by atoms with E-state index in [2.05, 4.69) is 20.8 Å². The number of carbonyl (C=O) groups excluding carboxylic acids is 1. The number of aromatic carboxylic acids is 1. The minimum Gasteiger partial charge on any atom is -0.477 e. The number of ketones is 1. The molecule has 0 fully saturated rings. The molecule has 2 rings (SSSR count). The van der Waals surface area contributed by atoms with Crippen LogP contribution >= 0.6 is 0 Å². The van der Waals surface area contributed by atoms with Gasteiger partial charge in [-0.3, -0.25) is 4.79 Å². The zero-order chi connectivity index (χ0) is 26.9. The number of aromatic nitrogens is 1. The quantitative estimate of drug-likeness (QED) is 0.126. The fourth-order valence-electron chi connectivity index (χ4n) is 5.70. The van der Waals surface area contributed by atoms with Crippen molar-refractivity contribution < 1.29 is 14.7 Å². The molecule has 1 aromatic carbocycles. The molecule has 4 heteroatoms. The number of Topliss-reactive ketones (excluding diaryl/α,β-unsaturated/α-hetero) is 1. The molecule has 4 nitrogen and oxygen atoms in total. The molecule has 2 aromatic rings. The summed E-state index contributed by atoms with van der Waals surface area (Å²) in [4.78, 5) is 25.5. The van der Waals surface area contributed by atoms with Crippen molar-refractivity contribution in [3.05, 3.63) is 35.5 Å². The van der Waals surface area contributed by atoms with Crippen molar-refractivity contribution in [2.24, 2.45) is 5.92 Å². The Labute approximate surface area is 226 Å². The summed E-state index contributed by atoms with van der Waals surface area (Å²) < 4.78 is 1.87. The number of carboxylic acid groups (broad SMARTS) is 1. The Morgan fingerprint density at radius 1 is 0.757 bits per heavy atom. The molecule has 0 aliphatic heterocycles. The van der Waals surface area contributed by atoms with Crippen molar-refractivity contribution in [3.8, 4) is 0 Å². The molecule has 0 radical (unpaired) electrons. The van der Waals surface area contributed by atoms with Crippen molar-refractivity contribution >= 4 is 22.7 Å². The van der Waals surface area contributed by atoms with Crippen molar-refractivity contribution in [3.63, 3.8) is 0 Å². The predicted molar refractivity (Wildman–Crippen MR) is 157 cm³/mol.